The van der Waals surface area contributed by atoms with Gasteiger partial charge in [-0.25, -0.2) is 8.42 Å². The van der Waals surface area contributed by atoms with Gasteiger partial charge >= 0.3 is 0 Å². The highest BCUT2D eigenvalue weighted by atomic mass is 32.2. The summed E-state index contributed by atoms with van der Waals surface area (Å²) in [5, 5.41) is 0. The minimum atomic E-state index is -3.30. The summed E-state index contributed by atoms with van der Waals surface area (Å²) >= 11 is 0. The first kappa shape index (κ1) is 14.1. The molecule has 0 aromatic heterocycles. The maximum absolute atomic E-state index is 11.7. The van der Waals surface area contributed by atoms with Gasteiger partial charge in [-0.2, -0.15) is 0 Å². The van der Waals surface area contributed by atoms with E-state index >= 15 is 0 Å². The standard InChI is InChI=1S/C13H20N2O3S/c1-18-10-5-4-8-15(9-10)11-6-3-7-12(13(11)14)19(2,16)17/h3,6-7,10H,4-5,8-9,14H2,1-2H3. The van der Waals surface area contributed by atoms with E-state index in [-0.39, 0.29) is 11.0 Å². The summed E-state index contributed by atoms with van der Waals surface area (Å²) in [6, 6.07) is 5.15. The molecule has 106 valence electrons. The van der Waals surface area contributed by atoms with E-state index in [9.17, 15) is 8.42 Å². The molecule has 1 aromatic rings. The zero-order valence-electron chi connectivity index (χ0n) is 11.3. The van der Waals surface area contributed by atoms with Crippen LogP contribution in [0.1, 0.15) is 12.8 Å². The summed E-state index contributed by atoms with van der Waals surface area (Å²) in [6.07, 6.45) is 3.39. The van der Waals surface area contributed by atoms with Crippen molar-refractivity contribution in [1.82, 2.24) is 0 Å². The molecular formula is C13H20N2O3S. The van der Waals surface area contributed by atoms with Crippen molar-refractivity contribution in [1.29, 1.82) is 0 Å². The van der Waals surface area contributed by atoms with Crippen LogP contribution < -0.4 is 10.6 Å². The second-order valence-electron chi connectivity index (χ2n) is 4.91. The summed E-state index contributed by atoms with van der Waals surface area (Å²) in [6.45, 7) is 1.62. The number of benzene rings is 1. The third kappa shape index (κ3) is 3.01. The van der Waals surface area contributed by atoms with E-state index in [0.29, 0.717) is 5.69 Å². The van der Waals surface area contributed by atoms with Crippen LogP contribution in [0, 0.1) is 0 Å². The van der Waals surface area contributed by atoms with Crippen LogP contribution in [0.2, 0.25) is 0 Å². The quantitative estimate of drug-likeness (QED) is 0.847. The average Bonchev–Trinajstić information content (AvgIpc) is 2.37. The number of rotatable bonds is 3. The fourth-order valence-electron chi connectivity index (χ4n) is 2.48. The first-order valence-electron chi connectivity index (χ1n) is 6.29. The molecule has 19 heavy (non-hydrogen) atoms. The molecule has 2 N–H and O–H groups in total. The Balaban J connectivity index is 2.35. The lowest BCUT2D eigenvalue weighted by atomic mass is 10.1. The topological polar surface area (TPSA) is 72.6 Å². The minimum Gasteiger partial charge on any atom is -0.396 e. The molecule has 1 fully saturated rings. The van der Waals surface area contributed by atoms with Crippen LogP contribution in [0.15, 0.2) is 23.1 Å². The van der Waals surface area contributed by atoms with Crippen LogP contribution in [0.5, 0.6) is 0 Å². The van der Waals surface area contributed by atoms with Gasteiger partial charge in [0, 0.05) is 26.5 Å². The summed E-state index contributed by atoms with van der Waals surface area (Å²) in [4.78, 5) is 2.30. The molecule has 1 atom stereocenters. The van der Waals surface area contributed by atoms with E-state index in [1.807, 2.05) is 6.07 Å². The predicted molar refractivity (Wildman–Crippen MR) is 76.2 cm³/mol. The summed E-state index contributed by atoms with van der Waals surface area (Å²) in [5.41, 5.74) is 7.14. The fraction of sp³-hybridized carbons (Fsp3) is 0.538. The van der Waals surface area contributed by atoms with E-state index in [1.54, 1.807) is 19.2 Å². The molecule has 0 spiro atoms. The first-order valence-corrected chi connectivity index (χ1v) is 8.19. The Morgan fingerprint density at radius 1 is 1.42 bits per heavy atom. The number of nitrogen functional groups attached to an aromatic ring is 1. The largest absolute Gasteiger partial charge is 0.396 e. The van der Waals surface area contributed by atoms with Crippen molar-refractivity contribution < 1.29 is 13.2 Å². The van der Waals surface area contributed by atoms with Crippen molar-refractivity contribution in [3.63, 3.8) is 0 Å². The monoisotopic (exact) mass is 284 g/mol. The smallest absolute Gasteiger partial charge is 0.177 e. The number of para-hydroxylation sites is 1. The zero-order valence-corrected chi connectivity index (χ0v) is 12.1. The summed E-state index contributed by atoms with van der Waals surface area (Å²) in [7, 11) is -1.60. The molecule has 1 heterocycles. The predicted octanol–water partition coefficient (Wildman–Crippen LogP) is 1.29. The lowest BCUT2D eigenvalue weighted by molar-refractivity contribution is 0.0894. The molecule has 1 unspecified atom stereocenters. The van der Waals surface area contributed by atoms with Crippen LogP contribution in [0.25, 0.3) is 0 Å². The minimum absolute atomic E-state index is 0.176. The van der Waals surface area contributed by atoms with E-state index in [2.05, 4.69) is 4.90 Å². The molecule has 6 heteroatoms. The number of sulfone groups is 1. The number of piperidine rings is 1. The fourth-order valence-corrected chi connectivity index (χ4v) is 3.31. The van der Waals surface area contributed by atoms with Gasteiger partial charge in [-0.1, -0.05) is 6.07 Å². The lowest BCUT2D eigenvalue weighted by Gasteiger charge is -2.34. The third-order valence-electron chi connectivity index (χ3n) is 3.49. The molecule has 0 radical (unpaired) electrons. The highest BCUT2D eigenvalue weighted by Gasteiger charge is 2.23. The number of nitrogens with two attached hydrogens (primary N) is 1. The Hall–Kier alpha value is -1.27. The molecule has 1 aromatic carbocycles. The highest BCUT2D eigenvalue weighted by molar-refractivity contribution is 7.90. The van der Waals surface area contributed by atoms with Crippen LogP contribution in [-0.4, -0.2) is 41.0 Å². The van der Waals surface area contributed by atoms with Crippen molar-refractivity contribution in [3.05, 3.63) is 18.2 Å². The molecule has 2 rings (SSSR count). The molecule has 0 bridgehead atoms. The second-order valence-corrected chi connectivity index (χ2v) is 6.89. The van der Waals surface area contributed by atoms with Crippen molar-refractivity contribution in [3.8, 4) is 0 Å². The van der Waals surface area contributed by atoms with Gasteiger partial charge in [0.15, 0.2) is 9.84 Å². The van der Waals surface area contributed by atoms with Crippen molar-refractivity contribution >= 4 is 21.2 Å². The lowest BCUT2D eigenvalue weighted by Crippen LogP contribution is -2.39. The van der Waals surface area contributed by atoms with Gasteiger partial charge in [0.2, 0.25) is 0 Å². The molecule has 1 saturated heterocycles. The number of hydrogen-bond acceptors (Lipinski definition) is 5. The maximum Gasteiger partial charge on any atom is 0.177 e. The molecule has 0 saturated carbocycles. The van der Waals surface area contributed by atoms with E-state index in [0.717, 1.165) is 31.6 Å². The first-order chi connectivity index (χ1) is 8.93. The Labute approximate surface area is 114 Å². The molecule has 5 nitrogen and oxygen atoms in total. The number of nitrogens with zero attached hydrogens (tertiary/aromatic N) is 1. The van der Waals surface area contributed by atoms with Crippen LogP contribution >= 0.6 is 0 Å². The van der Waals surface area contributed by atoms with Gasteiger partial charge in [0.25, 0.3) is 0 Å². The Kier molecular flexibility index (Phi) is 4.01. The second kappa shape index (κ2) is 5.38. The van der Waals surface area contributed by atoms with E-state index < -0.39 is 9.84 Å². The normalized spacial score (nSPS) is 20.5. The summed E-state index contributed by atoms with van der Waals surface area (Å²) in [5.74, 6) is 0. The molecule has 0 aliphatic carbocycles. The van der Waals surface area contributed by atoms with Gasteiger partial charge in [0.05, 0.1) is 22.4 Å². The van der Waals surface area contributed by atoms with Crippen LogP contribution in [-0.2, 0) is 14.6 Å². The Morgan fingerprint density at radius 3 is 2.79 bits per heavy atom. The van der Waals surface area contributed by atoms with Gasteiger partial charge in [-0.05, 0) is 25.0 Å². The Morgan fingerprint density at radius 2 is 2.16 bits per heavy atom. The maximum atomic E-state index is 11.7. The van der Waals surface area contributed by atoms with Crippen LogP contribution in [0.3, 0.4) is 0 Å². The zero-order chi connectivity index (χ0) is 14.0. The average molecular weight is 284 g/mol. The number of methoxy groups -OCH3 is 1. The molecule has 0 amide bonds. The highest BCUT2D eigenvalue weighted by Crippen LogP contribution is 2.31. The Bertz CT molecular complexity index is 557. The van der Waals surface area contributed by atoms with Gasteiger partial charge in [0.1, 0.15) is 0 Å². The van der Waals surface area contributed by atoms with Gasteiger partial charge in [-0.3, -0.25) is 0 Å². The van der Waals surface area contributed by atoms with Gasteiger partial charge in [-0.15, -0.1) is 0 Å². The number of anilines is 2. The number of hydrogen-bond donors (Lipinski definition) is 1. The van der Waals surface area contributed by atoms with Gasteiger partial charge < -0.3 is 15.4 Å². The van der Waals surface area contributed by atoms with Crippen LogP contribution in [0.4, 0.5) is 11.4 Å². The van der Waals surface area contributed by atoms with Crippen molar-refractivity contribution in [2.75, 3.05) is 37.1 Å². The third-order valence-corrected chi connectivity index (χ3v) is 4.65. The van der Waals surface area contributed by atoms with E-state index in [4.69, 9.17) is 10.5 Å². The SMILES string of the molecule is COC1CCCN(c2cccc(S(C)(=O)=O)c2N)C1. The summed E-state index contributed by atoms with van der Waals surface area (Å²) < 4.78 is 28.8. The molecule has 1 aliphatic heterocycles. The molecular weight excluding hydrogens is 264 g/mol. The molecule has 1 aliphatic rings. The van der Waals surface area contributed by atoms with E-state index in [1.165, 1.54) is 6.26 Å². The van der Waals surface area contributed by atoms with Crippen molar-refractivity contribution in [2.45, 2.75) is 23.8 Å². The number of ether oxygens (including phenoxy) is 1. The van der Waals surface area contributed by atoms with Crippen molar-refractivity contribution in [2.24, 2.45) is 0 Å².